The van der Waals surface area contributed by atoms with Crippen molar-refractivity contribution < 1.29 is 26.7 Å². The number of rotatable bonds is 5. The number of amides is 1. The van der Waals surface area contributed by atoms with Crippen molar-refractivity contribution >= 4 is 34.3 Å². The molecule has 0 saturated heterocycles. The molecule has 1 heterocycles. The van der Waals surface area contributed by atoms with E-state index in [2.05, 4.69) is 10.6 Å². The van der Waals surface area contributed by atoms with Gasteiger partial charge in [-0.1, -0.05) is 0 Å². The maximum Gasteiger partial charge on any atom is 0.284 e. The SMILES string of the molecule is C[n+]1ccc(Nc2ccc(NC(=O)c3ccc(N)cc3[N+](=O)[O-])cc2)cc1.[Cl-]. The molecule has 4 N–H and O–H groups in total. The first-order chi connectivity index (χ1) is 12.9. The van der Waals surface area contributed by atoms with Crippen LogP contribution in [-0.2, 0) is 7.05 Å². The highest BCUT2D eigenvalue weighted by Gasteiger charge is 2.20. The number of nitrogens with one attached hydrogen (secondary N) is 2. The fraction of sp³-hybridized carbons (Fsp3) is 0.0526. The number of pyridine rings is 1. The van der Waals surface area contributed by atoms with Gasteiger partial charge in [0.1, 0.15) is 12.6 Å². The molecule has 0 spiro atoms. The third-order valence-corrected chi connectivity index (χ3v) is 3.87. The highest BCUT2D eigenvalue weighted by molar-refractivity contribution is 6.07. The molecule has 0 saturated carbocycles. The molecule has 0 aliphatic carbocycles. The van der Waals surface area contributed by atoms with Crippen LogP contribution in [0.25, 0.3) is 0 Å². The standard InChI is InChI=1S/C19H17N5O3.ClH/c1-23-10-8-16(9-11-23)21-14-3-5-15(6-4-14)22-19(25)17-7-2-13(20)12-18(17)24(26)27;/h2-12H,1H3,(H3,20,22,25);1H. The Morgan fingerprint density at radius 2 is 1.57 bits per heavy atom. The van der Waals surface area contributed by atoms with E-state index >= 15 is 0 Å². The summed E-state index contributed by atoms with van der Waals surface area (Å²) in [4.78, 5) is 22.9. The van der Waals surface area contributed by atoms with Crippen molar-refractivity contribution in [3.8, 4) is 0 Å². The summed E-state index contributed by atoms with van der Waals surface area (Å²) in [5.41, 5.74) is 7.71. The minimum absolute atomic E-state index is 0. The van der Waals surface area contributed by atoms with Crippen molar-refractivity contribution in [2.24, 2.45) is 7.05 Å². The Balaban J connectivity index is 0.00000280. The molecule has 0 atom stereocenters. The number of nitrogens with two attached hydrogens (primary N) is 1. The van der Waals surface area contributed by atoms with E-state index in [1.165, 1.54) is 18.2 Å². The second-order valence-corrected chi connectivity index (χ2v) is 5.94. The molecule has 0 aliphatic heterocycles. The van der Waals surface area contributed by atoms with Gasteiger partial charge < -0.3 is 28.8 Å². The highest BCUT2D eigenvalue weighted by Crippen LogP contribution is 2.24. The molecule has 9 heteroatoms. The summed E-state index contributed by atoms with van der Waals surface area (Å²) in [6.07, 6.45) is 3.85. The van der Waals surface area contributed by atoms with Crippen LogP contribution < -0.4 is 33.3 Å². The first-order valence-electron chi connectivity index (χ1n) is 8.10. The van der Waals surface area contributed by atoms with Gasteiger partial charge in [-0.3, -0.25) is 14.9 Å². The second-order valence-electron chi connectivity index (χ2n) is 5.94. The number of benzene rings is 2. The van der Waals surface area contributed by atoms with Crippen LogP contribution in [0.15, 0.2) is 67.0 Å². The minimum Gasteiger partial charge on any atom is -1.00 e. The fourth-order valence-electron chi connectivity index (χ4n) is 2.48. The van der Waals surface area contributed by atoms with E-state index in [0.717, 1.165) is 11.4 Å². The van der Waals surface area contributed by atoms with E-state index in [4.69, 9.17) is 5.73 Å². The molecule has 0 fully saturated rings. The van der Waals surface area contributed by atoms with Gasteiger partial charge in [0.05, 0.1) is 10.6 Å². The molecule has 1 aromatic heterocycles. The van der Waals surface area contributed by atoms with Gasteiger partial charge >= 0.3 is 0 Å². The zero-order valence-electron chi connectivity index (χ0n) is 14.9. The van der Waals surface area contributed by atoms with Crippen molar-refractivity contribution in [3.05, 3.63) is 82.7 Å². The lowest BCUT2D eigenvalue weighted by Gasteiger charge is -2.09. The molecular formula is C19H18ClN5O3. The first kappa shape index (κ1) is 20.7. The normalized spacial score (nSPS) is 9.89. The Kier molecular flexibility index (Phi) is 6.51. The van der Waals surface area contributed by atoms with Crippen molar-refractivity contribution in [1.82, 2.24) is 0 Å². The molecule has 0 bridgehead atoms. The van der Waals surface area contributed by atoms with Gasteiger partial charge in [-0.25, -0.2) is 4.57 Å². The number of hydrogen-bond acceptors (Lipinski definition) is 5. The van der Waals surface area contributed by atoms with Crippen LogP contribution in [-0.4, -0.2) is 10.8 Å². The van der Waals surface area contributed by atoms with E-state index in [0.29, 0.717) is 5.69 Å². The van der Waals surface area contributed by atoms with Crippen LogP contribution in [0.5, 0.6) is 0 Å². The fourth-order valence-corrected chi connectivity index (χ4v) is 2.48. The maximum absolute atomic E-state index is 12.4. The minimum atomic E-state index is -0.627. The number of aryl methyl sites for hydroxylation is 1. The number of carbonyl (C=O) groups excluding carboxylic acids is 1. The van der Waals surface area contributed by atoms with Gasteiger partial charge in [0.2, 0.25) is 0 Å². The number of nitro groups is 1. The number of halogens is 1. The Morgan fingerprint density at radius 3 is 2.18 bits per heavy atom. The van der Waals surface area contributed by atoms with Gasteiger partial charge in [0.25, 0.3) is 11.6 Å². The Morgan fingerprint density at radius 1 is 1.00 bits per heavy atom. The van der Waals surface area contributed by atoms with Crippen molar-refractivity contribution in [2.45, 2.75) is 0 Å². The number of aromatic nitrogens is 1. The molecule has 2 aromatic carbocycles. The van der Waals surface area contributed by atoms with Gasteiger partial charge in [-0.2, -0.15) is 0 Å². The summed E-state index contributed by atoms with van der Waals surface area (Å²) >= 11 is 0. The molecule has 144 valence electrons. The largest absolute Gasteiger partial charge is 1.00 e. The third kappa shape index (κ3) is 4.95. The zero-order chi connectivity index (χ0) is 19.4. The summed E-state index contributed by atoms with van der Waals surface area (Å²) < 4.78 is 1.93. The maximum atomic E-state index is 12.4. The molecule has 0 aliphatic rings. The average molecular weight is 400 g/mol. The molecule has 3 aromatic rings. The highest BCUT2D eigenvalue weighted by atomic mass is 35.5. The lowest BCUT2D eigenvalue weighted by molar-refractivity contribution is -0.671. The van der Waals surface area contributed by atoms with E-state index in [9.17, 15) is 14.9 Å². The number of anilines is 4. The van der Waals surface area contributed by atoms with E-state index in [1.54, 1.807) is 24.3 Å². The average Bonchev–Trinajstić information content (AvgIpc) is 2.65. The van der Waals surface area contributed by atoms with E-state index < -0.39 is 10.8 Å². The quantitative estimate of drug-likeness (QED) is 0.242. The van der Waals surface area contributed by atoms with Gasteiger partial charge in [-0.15, -0.1) is 0 Å². The lowest BCUT2D eigenvalue weighted by atomic mass is 10.1. The summed E-state index contributed by atoms with van der Waals surface area (Å²) in [5, 5.41) is 17.0. The van der Waals surface area contributed by atoms with Gasteiger partial charge in [0.15, 0.2) is 12.4 Å². The first-order valence-corrected chi connectivity index (χ1v) is 8.10. The molecule has 0 unspecified atom stereocenters. The summed E-state index contributed by atoms with van der Waals surface area (Å²) in [6.45, 7) is 0. The molecule has 8 nitrogen and oxygen atoms in total. The Hall–Kier alpha value is -3.65. The monoisotopic (exact) mass is 399 g/mol. The zero-order valence-corrected chi connectivity index (χ0v) is 15.7. The van der Waals surface area contributed by atoms with Gasteiger partial charge in [0, 0.05) is 35.3 Å². The van der Waals surface area contributed by atoms with E-state index in [1.807, 2.05) is 36.1 Å². The predicted molar refractivity (Wildman–Crippen MR) is 103 cm³/mol. The number of carbonyl (C=O) groups is 1. The smallest absolute Gasteiger partial charge is 0.284 e. The topological polar surface area (TPSA) is 114 Å². The summed E-state index contributed by atoms with van der Waals surface area (Å²) in [6, 6.07) is 14.9. The van der Waals surface area contributed by atoms with Crippen molar-refractivity contribution in [2.75, 3.05) is 16.4 Å². The van der Waals surface area contributed by atoms with Crippen LogP contribution >= 0.6 is 0 Å². The molecule has 1 amide bonds. The van der Waals surface area contributed by atoms with Crippen LogP contribution in [0.2, 0.25) is 0 Å². The van der Waals surface area contributed by atoms with Crippen molar-refractivity contribution in [1.29, 1.82) is 0 Å². The van der Waals surface area contributed by atoms with Gasteiger partial charge in [-0.05, 0) is 36.4 Å². The Labute approximate surface area is 167 Å². The summed E-state index contributed by atoms with van der Waals surface area (Å²) in [5.74, 6) is -0.571. The van der Waals surface area contributed by atoms with E-state index in [-0.39, 0.29) is 29.3 Å². The van der Waals surface area contributed by atoms with Crippen LogP contribution in [0.1, 0.15) is 10.4 Å². The van der Waals surface area contributed by atoms with Crippen LogP contribution in [0.4, 0.5) is 28.4 Å². The second kappa shape index (κ2) is 8.83. The molecule has 0 radical (unpaired) electrons. The van der Waals surface area contributed by atoms with Crippen LogP contribution in [0, 0.1) is 10.1 Å². The number of nitrogens with zero attached hydrogens (tertiary/aromatic N) is 2. The number of hydrogen-bond donors (Lipinski definition) is 3. The summed E-state index contributed by atoms with van der Waals surface area (Å²) in [7, 11) is 1.94. The lowest BCUT2D eigenvalue weighted by Crippen LogP contribution is -3.00. The Bertz CT molecular complexity index is 991. The molecule has 3 rings (SSSR count). The third-order valence-electron chi connectivity index (χ3n) is 3.87. The predicted octanol–water partition coefficient (Wildman–Crippen LogP) is 0.00140. The number of nitro benzene ring substituents is 1. The van der Waals surface area contributed by atoms with Crippen molar-refractivity contribution in [3.63, 3.8) is 0 Å². The molecular weight excluding hydrogens is 382 g/mol. The molecule has 28 heavy (non-hydrogen) atoms. The number of nitrogen functional groups attached to an aromatic ring is 1. The van der Waals surface area contributed by atoms with Crippen LogP contribution in [0.3, 0.4) is 0 Å².